The maximum Gasteiger partial charge on any atom is 0.412 e. The van der Waals surface area contributed by atoms with E-state index in [0.29, 0.717) is 30.3 Å². The van der Waals surface area contributed by atoms with Crippen LogP contribution in [-0.2, 0) is 9.47 Å². The number of carbonyl (C=O) groups excluding carboxylic acids is 2. The second-order valence-electron chi connectivity index (χ2n) is 7.29. The number of hydrogen-bond acceptors (Lipinski definition) is 4. The van der Waals surface area contributed by atoms with E-state index in [-0.39, 0.29) is 5.91 Å². The van der Waals surface area contributed by atoms with Crippen LogP contribution in [0.4, 0.5) is 10.5 Å². The number of amides is 2. The minimum Gasteiger partial charge on any atom is -0.444 e. The van der Waals surface area contributed by atoms with Gasteiger partial charge in [0.1, 0.15) is 5.60 Å². The summed E-state index contributed by atoms with van der Waals surface area (Å²) in [6.45, 7) is 11.5. The van der Waals surface area contributed by atoms with Gasteiger partial charge in [0.15, 0.2) is 0 Å². The van der Waals surface area contributed by atoms with E-state index in [1.165, 1.54) is 0 Å². The van der Waals surface area contributed by atoms with E-state index in [2.05, 4.69) is 24.5 Å². The van der Waals surface area contributed by atoms with E-state index < -0.39 is 11.7 Å². The predicted octanol–water partition coefficient (Wildman–Crippen LogP) is 3.83. The Morgan fingerprint density at radius 2 is 1.92 bits per heavy atom. The first kappa shape index (κ1) is 21.0. The van der Waals surface area contributed by atoms with Crippen LogP contribution in [0.15, 0.2) is 24.3 Å². The maximum atomic E-state index is 12.2. The maximum absolute atomic E-state index is 12.2. The number of benzene rings is 1. The zero-order valence-electron chi connectivity index (χ0n) is 15.8. The summed E-state index contributed by atoms with van der Waals surface area (Å²) in [6, 6.07) is 6.74. The summed E-state index contributed by atoms with van der Waals surface area (Å²) in [7, 11) is 0. The van der Waals surface area contributed by atoms with Crippen molar-refractivity contribution in [2.75, 3.05) is 25.1 Å². The number of anilines is 1. The molecule has 0 aliphatic heterocycles. The smallest absolute Gasteiger partial charge is 0.412 e. The molecule has 6 heteroatoms. The van der Waals surface area contributed by atoms with E-state index in [4.69, 9.17) is 9.47 Å². The Kier molecular flexibility index (Phi) is 8.41. The van der Waals surface area contributed by atoms with E-state index in [1.807, 2.05) is 0 Å². The third kappa shape index (κ3) is 9.72. The van der Waals surface area contributed by atoms with Crippen molar-refractivity contribution in [3.8, 4) is 0 Å². The zero-order chi connectivity index (χ0) is 18.9. The molecule has 6 nitrogen and oxygen atoms in total. The molecule has 1 aromatic carbocycles. The Labute approximate surface area is 150 Å². The lowest BCUT2D eigenvalue weighted by atomic mass is 10.2. The fourth-order valence-corrected chi connectivity index (χ4v) is 1.96. The summed E-state index contributed by atoms with van der Waals surface area (Å²) >= 11 is 0. The van der Waals surface area contributed by atoms with Gasteiger partial charge >= 0.3 is 6.09 Å². The van der Waals surface area contributed by atoms with E-state index in [0.717, 1.165) is 13.0 Å². The highest BCUT2D eigenvalue weighted by Gasteiger charge is 2.16. The molecule has 0 saturated carbocycles. The van der Waals surface area contributed by atoms with Gasteiger partial charge in [0.2, 0.25) is 0 Å². The van der Waals surface area contributed by atoms with Gasteiger partial charge < -0.3 is 14.8 Å². The Morgan fingerprint density at radius 1 is 1.20 bits per heavy atom. The average Bonchev–Trinajstić information content (AvgIpc) is 2.48. The molecule has 0 saturated heterocycles. The number of ether oxygens (including phenoxy) is 2. The molecule has 2 N–H and O–H groups in total. The first-order valence-corrected chi connectivity index (χ1v) is 8.63. The molecular formula is C19H30N2O4. The molecular weight excluding hydrogens is 320 g/mol. The fourth-order valence-electron chi connectivity index (χ4n) is 1.96. The molecule has 0 bridgehead atoms. The van der Waals surface area contributed by atoms with Crippen molar-refractivity contribution in [2.24, 2.45) is 5.92 Å². The van der Waals surface area contributed by atoms with Crippen LogP contribution >= 0.6 is 0 Å². The summed E-state index contributed by atoms with van der Waals surface area (Å²) in [4.78, 5) is 23.9. The molecule has 0 spiro atoms. The predicted molar refractivity (Wildman–Crippen MR) is 98.9 cm³/mol. The quantitative estimate of drug-likeness (QED) is 0.699. The van der Waals surface area contributed by atoms with Crippen LogP contribution in [0.25, 0.3) is 0 Å². The summed E-state index contributed by atoms with van der Waals surface area (Å²) < 4.78 is 10.7. The topological polar surface area (TPSA) is 76.7 Å². The van der Waals surface area contributed by atoms with Crippen LogP contribution < -0.4 is 10.6 Å². The van der Waals surface area contributed by atoms with Gasteiger partial charge in [-0.1, -0.05) is 19.9 Å². The molecule has 0 aliphatic carbocycles. The van der Waals surface area contributed by atoms with Crippen molar-refractivity contribution in [3.63, 3.8) is 0 Å². The fraction of sp³-hybridized carbons (Fsp3) is 0.579. The van der Waals surface area contributed by atoms with Crippen LogP contribution in [0.2, 0.25) is 0 Å². The molecule has 1 rings (SSSR count). The highest BCUT2D eigenvalue weighted by Crippen LogP contribution is 2.13. The first-order chi connectivity index (χ1) is 11.7. The van der Waals surface area contributed by atoms with Gasteiger partial charge in [-0.15, -0.1) is 0 Å². The lowest BCUT2D eigenvalue weighted by molar-refractivity contribution is 0.0635. The van der Waals surface area contributed by atoms with Gasteiger partial charge in [-0.2, -0.15) is 0 Å². The van der Waals surface area contributed by atoms with Crippen molar-refractivity contribution in [1.82, 2.24) is 5.32 Å². The van der Waals surface area contributed by atoms with E-state index in [9.17, 15) is 9.59 Å². The summed E-state index contributed by atoms with van der Waals surface area (Å²) in [5, 5.41) is 5.47. The molecule has 0 aromatic heterocycles. The standard InChI is InChI=1S/C19H30N2O4/c1-14(2)13-24-11-7-10-20-17(22)15-8-6-9-16(12-15)21-18(23)25-19(3,4)5/h6,8-9,12,14H,7,10-11,13H2,1-5H3,(H,20,22)(H,21,23). The van der Waals surface area contributed by atoms with E-state index >= 15 is 0 Å². The monoisotopic (exact) mass is 350 g/mol. The number of rotatable bonds is 8. The average molecular weight is 350 g/mol. The third-order valence-corrected chi connectivity index (χ3v) is 2.97. The highest BCUT2D eigenvalue weighted by molar-refractivity contribution is 5.96. The molecule has 2 amide bonds. The second-order valence-corrected chi connectivity index (χ2v) is 7.29. The van der Waals surface area contributed by atoms with Crippen molar-refractivity contribution >= 4 is 17.7 Å². The van der Waals surface area contributed by atoms with Gasteiger partial charge in [0.25, 0.3) is 5.91 Å². The lowest BCUT2D eigenvalue weighted by Gasteiger charge is -2.19. The van der Waals surface area contributed by atoms with E-state index in [1.54, 1.807) is 45.0 Å². The molecule has 0 unspecified atom stereocenters. The summed E-state index contributed by atoms with van der Waals surface area (Å²) in [5.41, 5.74) is 0.426. The van der Waals surface area contributed by atoms with Gasteiger partial charge in [0.05, 0.1) is 0 Å². The van der Waals surface area contributed by atoms with Crippen LogP contribution in [0.5, 0.6) is 0 Å². The van der Waals surface area contributed by atoms with Crippen molar-refractivity contribution in [1.29, 1.82) is 0 Å². The molecule has 1 aromatic rings. The molecule has 25 heavy (non-hydrogen) atoms. The van der Waals surface area contributed by atoms with Crippen molar-refractivity contribution < 1.29 is 19.1 Å². The number of nitrogens with one attached hydrogen (secondary N) is 2. The van der Waals surface area contributed by atoms with Crippen molar-refractivity contribution in [2.45, 2.75) is 46.6 Å². The summed E-state index contributed by atoms with van der Waals surface area (Å²) in [5.74, 6) is 0.325. The Hall–Kier alpha value is -2.08. The van der Waals surface area contributed by atoms with Gasteiger partial charge in [-0.25, -0.2) is 4.79 Å². The molecule has 0 fully saturated rings. The SMILES string of the molecule is CC(C)COCCCNC(=O)c1cccc(NC(=O)OC(C)(C)C)c1. The van der Waals surface area contributed by atoms with Gasteiger partial charge in [0, 0.05) is 31.0 Å². The highest BCUT2D eigenvalue weighted by atomic mass is 16.6. The van der Waals surface area contributed by atoms with Crippen LogP contribution in [-0.4, -0.2) is 37.4 Å². The van der Waals surface area contributed by atoms with Crippen LogP contribution in [0, 0.1) is 5.92 Å². The second kappa shape index (κ2) is 10.0. The largest absolute Gasteiger partial charge is 0.444 e. The molecule has 0 aliphatic rings. The third-order valence-electron chi connectivity index (χ3n) is 2.97. The van der Waals surface area contributed by atoms with Gasteiger partial charge in [-0.3, -0.25) is 10.1 Å². The minimum atomic E-state index is -0.573. The lowest BCUT2D eigenvalue weighted by Crippen LogP contribution is -2.27. The molecule has 0 atom stereocenters. The minimum absolute atomic E-state index is 0.184. The Bertz CT molecular complexity index is 565. The van der Waals surface area contributed by atoms with Crippen molar-refractivity contribution in [3.05, 3.63) is 29.8 Å². The van der Waals surface area contributed by atoms with Crippen LogP contribution in [0.3, 0.4) is 0 Å². The Balaban J connectivity index is 2.43. The summed E-state index contributed by atoms with van der Waals surface area (Å²) in [6.07, 6.45) is 0.210. The zero-order valence-corrected chi connectivity index (χ0v) is 15.8. The van der Waals surface area contributed by atoms with Crippen LogP contribution in [0.1, 0.15) is 51.4 Å². The molecule has 0 heterocycles. The number of hydrogen-bond donors (Lipinski definition) is 2. The number of carbonyl (C=O) groups is 2. The van der Waals surface area contributed by atoms with Gasteiger partial charge in [-0.05, 0) is 51.3 Å². The first-order valence-electron chi connectivity index (χ1n) is 8.63. The molecule has 140 valence electrons. The molecule has 0 radical (unpaired) electrons. The Morgan fingerprint density at radius 3 is 2.56 bits per heavy atom. The normalized spacial score (nSPS) is 11.3.